The highest BCUT2D eigenvalue weighted by Gasteiger charge is 2.35. The fraction of sp³-hybridized carbons (Fsp3) is 0.750. The van der Waals surface area contributed by atoms with Gasteiger partial charge in [0, 0.05) is 19.6 Å². The lowest BCUT2D eigenvalue weighted by atomic mass is 10.2. The van der Waals surface area contributed by atoms with Gasteiger partial charge in [-0.2, -0.15) is 0 Å². The molecule has 0 bridgehead atoms. The van der Waals surface area contributed by atoms with Crippen LogP contribution in [0.5, 0.6) is 0 Å². The summed E-state index contributed by atoms with van der Waals surface area (Å²) >= 11 is 0. The maximum Gasteiger partial charge on any atom is 0.290 e. The summed E-state index contributed by atoms with van der Waals surface area (Å²) in [7, 11) is 0. The van der Waals surface area contributed by atoms with Gasteiger partial charge in [0.2, 0.25) is 5.78 Å². The van der Waals surface area contributed by atoms with Crippen molar-refractivity contribution in [1.82, 2.24) is 4.90 Å². The molecule has 2 saturated heterocycles. The predicted octanol–water partition coefficient (Wildman–Crippen LogP) is -0.423. The average molecular weight is 169 g/mol. The van der Waals surface area contributed by atoms with Crippen LogP contribution in [0.1, 0.15) is 12.8 Å². The highest BCUT2D eigenvalue weighted by molar-refractivity contribution is 6.37. The number of hydrogen-bond donors (Lipinski definition) is 0. The topological polar surface area (TPSA) is 46.6 Å². The Labute approximate surface area is 70.5 Å². The number of amides is 1. The summed E-state index contributed by atoms with van der Waals surface area (Å²) in [5.74, 6) is -0.563. The Morgan fingerprint density at radius 3 is 2.75 bits per heavy atom. The standard InChI is InChI=1S/C8H11NO3/c10-7-1-3-9(8(7)11)6-2-4-12-5-6/h6H,1-5H2. The molecule has 4 nitrogen and oxygen atoms in total. The zero-order valence-corrected chi connectivity index (χ0v) is 6.78. The number of carbonyl (C=O) groups is 2. The van der Waals surface area contributed by atoms with Crippen LogP contribution >= 0.6 is 0 Å². The first-order valence-electron chi connectivity index (χ1n) is 4.20. The number of rotatable bonds is 1. The molecule has 1 atom stereocenters. The zero-order valence-electron chi connectivity index (χ0n) is 6.78. The monoisotopic (exact) mass is 169 g/mol. The van der Waals surface area contributed by atoms with E-state index >= 15 is 0 Å². The van der Waals surface area contributed by atoms with Gasteiger partial charge in [0.1, 0.15) is 0 Å². The maximum atomic E-state index is 11.2. The lowest BCUT2D eigenvalue weighted by Gasteiger charge is -2.20. The molecule has 0 aromatic carbocycles. The fourth-order valence-corrected chi connectivity index (χ4v) is 1.71. The maximum absolute atomic E-state index is 11.2. The Hall–Kier alpha value is -0.900. The van der Waals surface area contributed by atoms with E-state index in [4.69, 9.17) is 4.74 Å². The van der Waals surface area contributed by atoms with Crippen molar-refractivity contribution < 1.29 is 14.3 Å². The minimum atomic E-state index is -0.314. The van der Waals surface area contributed by atoms with Crippen LogP contribution in [0, 0.1) is 0 Å². The summed E-state index contributed by atoms with van der Waals surface area (Å²) in [4.78, 5) is 23.8. The number of carbonyl (C=O) groups excluding carboxylic acids is 2. The van der Waals surface area contributed by atoms with Crippen LogP contribution in [-0.4, -0.2) is 42.4 Å². The Bertz CT molecular complexity index is 220. The lowest BCUT2D eigenvalue weighted by Crippen LogP contribution is -2.37. The molecule has 0 aliphatic carbocycles. The SMILES string of the molecule is O=C1CCN(C2CCOC2)C1=O. The van der Waals surface area contributed by atoms with Crippen molar-refractivity contribution in [1.29, 1.82) is 0 Å². The van der Waals surface area contributed by atoms with Gasteiger partial charge in [-0.3, -0.25) is 9.59 Å². The highest BCUT2D eigenvalue weighted by atomic mass is 16.5. The van der Waals surface area contributed by atoms with E-state index in [2.05, 4.69) is 0 Å². The van der Waals surface area contributed by atoms with E-state index in [1.54, 1.807) is 4.90 Å². The van der Waals surface area contributed by atoms with E-state index in [1.807, 2.05) is 0 Å². The van der Waals surface area contributed by atoms with Gasteiger partial charge in [0.05, 0.1) is 12.6 Å². The van der Waals surface area contributed by atoms with E-state index in [-0.39, 0.29) is 17.7 Å². The Kier molecular flexibility index (Phi) is 1.84. The molecule has 2 heterocycles. The van der Waals surface area contributed by atoms with Crippen molar-refractivity contribution in [2.24, 2.45) is 0 Å². The number of ether oxygens (including phenoxy) is 1. The summed E-state index contributed by atoms with van der Waals surface area (Å²) in [6.45, 7) is 1.90. The fourth-order valence-electron chi connectivity index (χ4n) is 1.71. The number of nitrogens with zero attached hydrogens (tertiary/aromatic N) is 1. The van der Waals surface area contributed by atoms with Crippen molar-refractivity contribution in [3.8, 4) is 0 Å². The van der Waals surface area contributed by atoms with Crippen LogP contribution < -0.4 is 0 Å². The first kappa shape index (κ1) is 7.73. The number of Topliss-reactive ketones (excluding diaryl/α,β-unsaturated/α-hetero) is 1. The quantitative estimate of drug-likeness (QED) is 0.501. The normalized spacial score (nSPS) is 30.3. The molecule has 2 rings (SSSR count). The van der Waals surface area contributed by atoms with Gasteiger partial charge in [-0.25, -0.2) is 0 Å². The van der Waals surface area contributed by atoms with Crippen LogP contribution in [0.4, 0.5) is 0 Å². The predicted molar refractivity (Wildman–Crippen MR) is 40.6 cm³/mol. The molecular weight excluding hydrogens is 158 g/mol. The third-order valence-electron chi connectivity index (χ3n) is 2.43. The van der Waals surface area contributed by atoms with Crippen molar-refractivity contribution >= 4 is 11.7 Å². The summed E-state index contributed by atoms with van der Waals surface area (Å²) < 4.78 is 5.15. The first-order valence-corrected chi connectivity index (χ1v) is 4.20. The molecule has 0 N–H and O–H groups in total. The molecule has 0 saturated carbocycles. The summed E-state index contributed by atoms with van der Waals surface area (Å²) in [5.41, 5.74) is 0. The molecule has 0 aromatic heterocycles. The summed E-state index contributed by atoms with van der Waals surface area (Å²) in [6.07, 6.45) is 1.26. The van der Waals surface area contributed by atoms with Gasteiger partial charge in [0.25, 0.3) is 5.91 Å². The van der Waals surface area contributed by atoms with Gasteiger partial charge in [-0.1, -0.05) is 0 Å². The minimum absolute atomic E-state index is 0.156. The van der Waals surface area contributed by atoms with Gasteiger partial charge >= 0.3 is 0 Å². The first-order chi connectivity index (χ1) is 5.79. The number of ketones is 1. The van der Waals surface area contributed by atoms with E-state index < -0.39 is 0 Å². The minimum Gasteiger partial charge on any atom is -0.379 e. The molecule has 66 valence electrons. The lowest BCUT2D eigenvalue weighted by molar-refractivity contribution is -0.141. The molecule has 0 radical (unpaired) electrons. The average Bonchev–Trinajstić information content (AvgIpc) is 2.64. The Morgan fingerprint density at radius 1 is 1.42 bits per heavy atom. The largest absolute Gasteiger partial charge is 0.379 e. The molecule has 4 heteroatoms. The van der Waals surface area contributed by atoms with Crippen molar-refractivity contribution in [3.05, 3.63) is 0 Å². The molecule has 1 amide bonds. The molecule has 2 fully saturated rings. The van der Waals surface area contributed by atoms with Crippen LogP contribution in [-0.2, 0) is 14.3 Å². The van der Waals surface area contributed by atoms with Gasteiger partial charge in [-0.15, -0.1) is 0 Å². The molecule has 2 aliphatic rings. The second kappa shape index (κ2) is 2.86. The van der Waals surface area contributed by atoms with Gasteiger partial charge < -0.3 is 9.64 Å². The van der Waals surface area contributed by atoms with E-state index in [0.29, 0.717) is 26.2 Å². The molecule has 0 aromatic rings. The van der Waals surface area contributed by atoms with Crippen LogP contribution in [0.25, 0.3) is 0 Å². The van der Waals surface area contributed by atoms with E-state index in [0.717, 1.165) is 6.42 Å². The Balaban J connectivity index is 2.04. The second-order valence-electron chi connectivity index (χ2n) is 3.19. The molecule has 12 heavy (non-hydrogen) atoms. The number of likely N-dealkylation sites (tertiary alicyclic amines) is 1. The third kappa shape index (κ3) is 1.12. The van der Waals surface area contributed by atoms with E-state index in [1.165, 1.54) is 0 Å². The van der Waals surface area contributed by atoms with Crippen molar-refractivity contribution in [2.45, 2.75) is 18.9 Å². The highest BCUT2D eigenvalue weighted by Crippen LogP contribution is 2.17. The molecule has 1 unspecified atom stereocenters. The summed E-state index contributed by atoms with van der Waals surface area (Å²) in [6, 6.07) is 0.156. The molecule has 2 aliphatic heterocycles. The van der Waals surface area contributed by atoms with Crippen LogP contribution in [0.15, 0.2) is 0 Å². The van der Waals surface area contributed by atoms with Gasteiger partial charge in [0.15, 0.2) is 0 Å². The number of hydrogen-bond acceptors (Lipinski definition) is 3. The smallest absolute Gasteiger partial charge is 0.290 e. The second-order valence-corrected chi connectivity index (χ2v) is 3.19. The van der Waals surface area contributed by atoms with Crippen molar-refractivity contribution in [3.63, 3.8) is 0 Å². The van der Waals surface area contributed by atoms with Crippen LogP contribution in [0.3, 0.4) is 0 Å². The Morgan fingerprint density at radius 2 is 2.25 bits per heavy atom. The third-order valence-corrected chi connectivity index (χ3v) is 2.43. The van der Waals surface area contributed by atoms with E-state index in [9.17, 15) is 9.59 Å². The van der Waals surface area contributed by atoms with Gasteiger partial charge in [-0.05, 0) is 6.42 Å². The zero-order chi connectivity index (χ0) is 8.55. The molecule has 0 spiro atoms. The van der Waals surface area contributed by atoms with Crippen molar-refractivity contribution in [2.75, 3.05) is 19.8 Å². The molecular formula is C8H11NO3. The summed E-state index contributed by atoms with van der Waals surface area (Å²) in [5, 5.41) is 0. The van der Waals surface area contributed by atoms with Crippen LogP contribution in [0.2, 0.25) is 0 Å².